The molecule has 1 heterocycles. The van der Waals surface area contributed by atoms with E-state index in [0.717, 1.165) is 32.1 Å². The maximum absolute atomic E-state index is 15.2. The van der Waals surface area contributed by atoms with E-state index in [2.05, 4.69) is 37.4 Å². The summed E-state index contributed by atoms with van der Waals surface area (Å²) < 4.78 is 26.5. The van der Waals surface area contributed by atoms with Crippen molar-refractivity contribution in [3.05, 3.63) is 82.7 Å². The molecule has 0 aromatic heterocycles. The number of anilines is 1. The molecule has 1 unspecified atom stereocenters. The van der Waals surface area contributed by atoms with Gasteiger partial charge in [0, 0.05) is 57.7 Å². The van der Waals surface area contributed by atoms with Gasteiger partial charge in [-0.2, -0.15) is 0 Å². The highest BCUT2D eigenvalue weighted by atomic mass is 35.5. The fourth-order valence-electron chi connectivity index (χ4n) is 12.1. The summed E-state index contributed by atoms with van der Waals surface area (Å²) >= 11 is 6.48. The van der Waals surface area contributed by atoms with Crippen LogP contribution in [0.4, 0.5) is 14.9 Å². The van der Waals surface area contributed by atoms with Crippen molar-refractivity contribution in [2.24, 2.45) is 33.5 Å². The molecule has 0 radical (unpaired) electrons. The maximum atomic E-state index is 15.2. The number of urea groups is 1. The lowest BCUT2D eigenvalue weighted by atomic mass is 9.32. The lowest BCUT2D eigenvalue weighted by Crippen LogP contribution is -2.67. The molecular formula is C43H52ClFN2O6. The smallest absolute Gasteiger partial charge is 0.322 e. The van der Waals surface area contributed by atoms with Crippen LogP contribution in [-0.2, 0) is 16.0 Å². The Morgan fingerprint density at radius 2 is 1.75 bits per heavy atom. The third-order valence-electron chi connectivity index (χ3n) is 14.9. The van der Waals surface area contributed by atoms with Crippen molar-refractivity contribution in [2.45, 2.75) is 95.9 Å². The molecule has 2 aromatic rings. The number of carbonyl (C=O) groups excluding carboxylic acids is 2. The number of amides is 2. The van der Waals surface area contributed by atoms with Gasteiger partial charge in [-0.15, -0.1) is 0 Å². The van der Waals surface area contributed by atoms with E-state index >= 15 is 4.39 Å². The largest absolute Gasteiger partial charge is 0.497 e. The fourth-order valence-corrected chi connectivity index (χ4v) is 12.3. The molecule has 7 aliphatic rings. The van der Waals surface area contributed by atoms with Crippen LogP contribution in [0, 0.1) is 39.3 Å². The van der Waals surface area contributed by atoms with Crippen LogP contribution < -0.4 is 10.1 Å². The van der Waals surface area contributed by atoms with Gasteiger partial charge in [0.2, 0.25) is 0 Å². The zero-order valence-electron chi connectivity index (χ0n) is 31.0. The average Bonchev–Trinajstić information content (AvgIpc) is 3.75. The molecule has 2 spiro atoms. The first-order valence-corrected chi connectivity index (χ1v) is 19.8. The van der Waals surface area contributed by atoms with Gasteiger partial charge in [-0.3, -0.25) is 4.79 Å². The van der Waals surface area contributed by atoms with E-state index in [1.807, 2.05) is 0 Å². The second-order valence-electron chi connectivity index (χ2n) is 17.3. The first-order valence-electron chi connectivity index (χ1n) is 19.4. The van der Waals surface area contributed by atoms with Gasteiger partial charge in [0.05, 0.1) is 31.5 Å². The Morgan fingerprint density at radius 3 is 2.47 bits per heavy atom. The zero-order valence-corrected chi connectivity index (χ0v) is 31.8. The van der Waals surface area contributed by atoms with Crippen molar-refractivity contribution in [1.29, 1.82) is 0 Å². The highest BCUT2D eigenvalue weighted by molar-refractivity contribution is 6.31. The molecule has 9 atom stereocenters. The monoisotopic (exact) mass is 746 g/mol. The molecule has 10 heteroatoms. The van der Waals surface area contributed by atoms with Crippen molar-refractivity contribution in [3.63, 3.8) is 0 Å². The van der Waals surface area contributed by atoms with Crippen molar-refractivity contribution >= 4 is 29.1 Å². The summed E-state index contributed by atoms with van der Waals surface area (Å²) in [6, 6.07) is 11.4. The number of ether oxygens (including phenoxy) is 2. The molecule has 284 valence electrons. The molecule has 1 saturated heterocycles. The lowest BCUT2D eigenvalue weighted by Gasteiger charge is -2.71. The zero-order chi connectivity index (χ0) is 37.4. The van der Waals surface area contributed by atoms with E-state index in [0.29, 0.717) is 55.8 Å². The van der Waals surface area contributed by atoms with Crippen LogP contribution in [0.3, 0.4) is 0 Å². The number of aliphatic hydroxyl groups excluding tert-OH is 1. The minimum absolute atomic E-state index is 0.0920. The fraction of sp³-hybridized carbons (Fsp3) is 0.581. The van der Waals surface area contributed by atoms with Gasteiger partial charge in [0.1, 0.15) is 11.6 Å². The quantitative estimate of drug-likeness (QED) is 0.225. The number of rotatable bonds is 9. The van der Waals surface area contributed by atoms with E-state index in [9.17, 15) is 19.8 Å². The highest BCUT2D eigenvalue weighted by Crippen LogP contribution is 2.78. The number of allylic oxidation sites excluding steroid dienone is 4. The van der Waals surface area contributed by atoms with Crippen molar-refractivity contribution < 1.29 is 33.7 Å². The Bertz CT molecular complexity index is 1830. The first-order chi connectivity index (χ1) is 25.3. The molecule has 8 nitrogen and oxygen atoms in total. The first kappa shape index (κ1) is 36.7. The summed E-state index contributed by atoms with van der Waals surface area (Å²) in [7, 11) is 1.60. The van der Waals surface area contributed by atoms with Crippen LogP contribution in [0.15, 0.2) is 66.3 Å². The van der Waals surface area contributed by atoms with Gasteiger partial charge in [-0.1, -0.05) is 49.7 Å². The molecule has 3 saturated carbocycles. The third-order valence-corrected chi connectivity index (χ3v) is 15.3. The summed E-state index contributed by atoms with van der Waals surface area (Å²) in [4.78, 5) is 30.6. The number of Topliss-reactive ketones (excluding diaryl/α,β-unsaturated/α-hetero) is 1. The maximum Gasteiger partial charge on any atom is 0.322 e. The minimum atomic E-state index is -1.25. The number of fused-ring (bicyclic) bond motifs is 1. The molecule has 6 aliphatic carbocycles. The standard InChI is InChI=1S/C43H52ClFN2O6/c1-39-16-13-28(48)23-41(39)19-20-43(32(24-41)35(49)22-31-33(44)7-4-8-34(31)45)36(39)14-17-40(2)37(43)15-18-42(40,51)26-47(25-30-6-5-21-53-30)38(50)46-27-9-11-29(52-3)12-10-27/h4,7-12,19-20,24,28,30,36-37,48,51H,5-6,13-18,21-23,25-26H2,1-3H3,(H,46,50)/t28?,30-,36-,37-,39-,40+,41+,42-,43-/m1/s1. The Hall–Kier alpha value is -3.24. The van der Waals surface area contributed by atoms with Gasteiger partial charge in [-0.25, -0.2) is 9.18 Å². The van der Waals surface area contributed by atoms with Crippen LogP contribution in [-0.4, -0.2) is 71.5 Å². The molecular weight excluding hydrogens is 695 g/mol. The van der Waals surface area contributed by atoms with Gasteiger partial charge >= 0.3 is 6.03 Å². The number of hydrogen-bond acceptors (Lipinski definition) is 6. The number of methoxy groups -OCH3 is 1. The third kappa shape index (κ3) is 5.62. The van der Waals surface area contributed by atoms with E-state index in [4.69, 9.17) is 21.1 Å². The van der Waals surface area contributed by atoms with Crippen molar-refractivity contribution in [1.82, 2.24) is 4.90 Å². The number of aliphatic hydroxyl groups is 2. The van der Waals surface area contributed by atoms with E-state index in [1.165, 1.54) is 6.07 Å². The number of ketones is 1. The number of nitrogens with one attached hydrogen (secondary N) is 1. The summed E-state index contributed by atoms with van der Waals surface area (Å²) in [5.41, 5.74) is -1.81. The number of hydrogen-bond donors (Lipinski definition) is 3. The Labute approximate surface area is 316 Å². The summed E-state index contributed by atoms with van der Waals surface area (Å²) in [5, 5.41) is 27.3. The summed E-state index contributed by atoms with van der Waals surface area (Å²) in [6.45, 7) is 5.63. The molecule has 2 amide bonds. The predicted molar refractivity (Wildman–Crippen MR) is 201 cm³/mol. The second-order valence-corrected chi connectivity index (χ2v) is 17.7. The molecule has 53 heavy (non-hydrogen) atoms. The number of benzene rings is 2. The van der Waals surface area contributed by atoms with E-state index < -0.39 is 33.8 Å². The Balaban J connectivity index is 1.16. The predicted octanol–water partition coefficient (Wildman–Crippen LogP) is 7.90. The molecule has 2 bridgehead atoms. The number of carbonyl (C=O) groups is 2. The van der Waals surface area contributed by atoms with Gasteiger partial charge in [0.25, 0.3) is 0 Å². The average molecular weight is 747 g/mol. The van der Waals surface area contributed by atoms with Crippen LogP contribution in [0.25, 0.3) is 0 Å². The Morgan fingerprint density at radius 1 is 1.02 bits per heavy atom. The van der Waals surface area contributed by atoms with Crippen LogP contribution in [0.5, 0.6) is 5.75 Å². The topological polar surface area (TPSA) is 108 Å². The molecule has 9 rings (SSSR count). The van der Waals surface area contributed by atoms with Crippen LogP contribution in [0.2, 0.25) is 5.02 Å². The van der Waals surface area contributed by atoms with E-state index in [1.54, 1.807) is 48.4 Å². The molecule has 2 aromatic carbocycles. The normalized spacial score (nSPS) is 38.1. The molecule has 1 aliphatic heterocycles. The molecule has 4 fully saturated rings. The lowest BCUT2D eigenvalue weighted by molar-refractivity contribution is -0.178. The summed E-state index contributed by atoms with van der Waals surface area (Å²) in [5.74, 6) is 0.00149. The second kappa shape index (κ2) is 13.2. The summed E-state index contributed by atoms with van der Waals surface area (Å²) in [6.07, 6.45) is 12.4. The highest BCUT2D eigenvalue weighted by Gasteiger charge is 2.74. The SMILES string of the molecule is COc1ccc(NC(=O)N(C[C@H]2CCCO2)C[C@]2(O)CC[C@H]3[C@]45C=C[C@@]6(C=C4C(=O)Cc4c(F)cccc4Cl)CC(O)CC[C@]6(C)[C@H]5CC[C@@]32C)cc1. The van der Waals surface area contributed by atoms with Gasteiger partial charge in [0.15, 0.2) is 5.78 Å². The molecule has 3 N–H and O–H groups in total. The van der Waals surface area contributed by atoms with Gasteiger partial charge < -0.3 is 29.9 Å². The van der Waals surface area contributed by atoms with Crippen LogP contribution in [0.1, 0.15) is 77.2 Å². The van der Waals surface area contributed by atoms with E-state index in [-0.39, 0.29) is 58.7 Å². The minimum Gasteiger partial charge on any atom is -0.497 e. The van der Waals surface area contributed by atoms with Crippen molar-refractivity contribution in [3.8, 4) is 5.75 Å². The number of nitrogens with zero attached hydrogens (tertiary/aromatic N) is 1. The van der Waals surface area contributed by atoms with Gasteiger partial charge in [-0.05, 0) is 111 Å². The van der Waals surface area contributed by atoms with Crippen molar-refractivity contribution in [2.75, 3.05) is 32.1 Å². The van der Waals surface area contributed by atoms with Crippen LogP contribution >= 0.6 is 11.6 Å². The number of halogens is 2. The Kier molecular flexibility index (Phi) is 9.15.